The first-order valence-corrected chi connectivity index (χ1v) is 7.72. The number of rotatable bonds is 8. The van der Waals surface area contributed by atoms with Crippen molar-refractivity contribution in [1.82, 2.24) is 0 Å². The van der Waals surface area contributed by atoms with Crippen LogP contribution in [0.4, 0.5) is 11.4 Å². The second-order valence-electron chi connectivity index (χ2n) is 5.47. The van der Waals surface area contributed by atoms with E-state index in [0.29, 0.717) is 0 Å². The predicted octanol–water partition coefficient (Wildman–Crippen LogP) is 3.46. The average Bonchev–Trinajstić information content (AvgIpc) is 2.62. The Kier molecular flexibility index (Phi) is 6.26. The van der Waals surface area contributed by atoms with Gasteiger partial charge < -0.3 is 4.74 Å². The monoisotopic (exact) mass is 355 g/mol. The molecule has 1 atom stereocenters. The third kappa shape index (κ3) is 4.79. The van der Waals surface area contributed by atoms with Gasteiger partial charge in [-0.05, 0) is 18.6 Å². The van der Waals surface area contributed by atoms with Crippen molar-refractivity contribution in [2.45, 2.75) is 19.4 Å². The molecule has 0 N–H and O–H groups in total. The molecule has 0 aliphatic carbocycles. The van der Waals surface area contributed by atoms with Crippen LogP contribution in [0.25, 0.3) is 0 Å². The largest absolute Gasteiger partial charge is 0.494 e. The molecule has 0 saturated heterocycles. The molecule has 0 heterocycles. The highest BCUT2D eigenvalue weighted by Crippen LogP contribution is 2.31. The molecule has 0 aliphatic rings. The van der Waals surface area contributed by atoms with Crippen molar-refractivity contribution in [2.75, 3.05) is 7.11 Å². The lowest BCUT2D eigenvalue weighted by atomic mass is 10.0. The summed E-state index contributed by atoms with van der Waals surface area (Å²) in [4.78, 5) is 34.4. The number of hydrogen-bond donors (Lipinski definition) is 0. The van der Waals surface area contributed by atoms with Crippen LogP contribution < -0.4 is 4.74 Å². The Morgan fingerprint density at radius 1 is 1.19 bits per heavy atom. The molecule has 0 saturated carbocycles. The number of Topliss-reactive ketones (excluding diaryl/α,β-unsaturated/α-hetero) is 2. The topological polar surface area (TPSA) is 111 Å². The molecule has 134 valence electrons. The molecule has 0 fully saturated rings. The van der Waals surface area contributed by atoms with E-state index in [1.165, 1.54) is 32.2 Å². The normalized spacial score (nSPS) is 11.9. The Balaban J connectivity index is 2.23. The van der Waals surface area contributed by atoms with Gasteiger partial charge in [0.2, 0.25) is 0 Å². The summed E-state index contributed by atoms with van der Waals surface area (Å²) in [6, 6.07) is 11.5. The SMILES string of the molecule is COc1cc([N+](=O)[O-])ccc1N=NC(C(C)=O)C(=O)Cc1ccccc1. The highest BCUT2D eigenvalue weighted by molar-refractivity contribution is 6.06. The van der Waals surface area contributed by atoms with Gasteiger partial charge >= 0.3 is 0 Å². The minimum Gasteiger partial charge on any atom is -0.494 e. The van der Waals surface area contributed by atoms with E-state index in [1.807, 2.05) is 6.07 Å². The van der Waals surface area contributed by atoms with Crippen LogP contribution in [0.5, 0.6) is 5.75 Å². The summed E-state index contributed by atoms with van der Waals surface area (Å²) in [7, 11) is 1.33. The standard InChI is InChI=1S/C18H17N3O5/c1-12(22)18(16(23)10-13-6-4-3-5-7-13)20-19-15-9-8-14(21(24)25)11-17(15)26-2/h3-9,11,18H,10H2,1-2H3. The number of non-ortho nitro benzene ring substituents is 1. The van der Waals surface area contributed by atoms with Crippen molar-refractivity contribution in [3.8, 4) is 5.75 Å². The highest BCUT2D eigenvalue weighted by atomic mass is 16.6. The Morgan fingerprint density at radius 3 is 2.46 bits per heavy atom. The van der Waals surface area contributed by atoms with Crippen LogP contribution in [-0.2, 0) is 16.0 Å². The zero-order chi connectivity index (χ0) is 19.1. The minimum absolute atomic E-state index is 0.0570. The summed E-state index contributed by atoms with van der Waals surface area (Å²) < 4.78 is 5.06. The van der Waals surface area contributed by atoms with Gasteiger partial charge in [0.25, 0.3) is 5.69 Å². The Bertz CT molecular complexity index is 849. The van der Waals surface area contributed by atoms with Crippen molar-refractivity contribution in [3.05, 3.63) is 64.2 Å². The molecule has 2 aromatic carbocycles. The second-order valence-corrected chi connectivity index (χ2v) is 5.47. The van der Waals surface area contributed by atoms with Crippen LogP contribution in [0, 0.1) is 10.1 Å². The van der Waals surface area contributed by atoms with E-state index < -0.39 is 16.7 Å². The molecule has 1 unspecified atom stereocenters. The van der Waals surface area contributed by atoms with Gasteiger partial charge in [0, 0.05) is 12.5 Å². The fraction of sp³-hybridized carbons (Fsp3) is 0.222. The number of hydrogen-bond acceptors (Lipinski definition) is 7. The number of nitro groups is 1. The molecule has 8 heteroatoms. The minimum atomic E-state index is -1.24. The molecule has 0 amide bonds. The molecular weight excluding hydrogens is 338 g/mol. The first kappa shape index (κ1) is 18.9. The van der Waals surface area contributed by atoms with E-state index in [9.17, 15) is 19.7 Å². The lowest BCUT2D eigenvalue weighted by molar-refractivity contribution is -0.384. The molecule has 26 heavy (non-hydrogen) atoms. The van der Waals surface area contributed by atoms with Gasteiger partial charge in [-0.1, -0.05) is 30.3 Å². The van der Waals surface area contributed by atoms with E-state index in [4.69, 9.17) is 4.74 Å². The second kappa shape index (κ2) is 8.61. The Labute approximate surface area is 149 Å². The van der Waals surface area contributed by atoms with E-state index >= 15 is 0 Å². The van der Waals surface area contributed by atoms with Gasteiger partial charge in [-0.2, -0.15) is 10.2 Å². The van der Waals surface area contributed by atoms with Crippen LogP contribution in [0.1, 0.15) is 12.5 Å². The lowest BCUT2D eigenvalue weighted by Crippen LogP contribution is -2.27. The number of ether oxygens (including phenoxy) is 1. The lowest BCUT2D eigenvalue weighted by Gasteiger charge is -2.08. The zero-order valence-electron chi connectivity index (χ0n) is 14.3. The quantitative estimate of drug-likeness (QED) is 0.311. The molecule has 0 bridgehead atoms. The first-order valence-electron chi connectivity index (χ1n) is 7.72. The van der Waals surface area contributed by atoms with Gasteiger partial charge in [0.15, 0.2) is 23.4 Å². The van der Waals surface area contributed by atoms with Crippen LogP contribution in [0.2, 0.25) is 0 Å². The van der Waals surface area contributed by atoms with Gasteiger partial charge in [0.1, 0.15) is 5.69 Å². The van der Waals surface area contributed by atoms with Crippen molar-refractivity contribution in [1.29, 1.82) is 0 Å². The summed E-state index contributed by atoms with van der Waals surface area (Å²) >= 11 is 0. The van der Waals surface area contributed by atoms with Crippen molar-refractivity contribution >= 4 is 22.9 Å². The van der Waals surface area contributed by atoms with Crippen LogP contribution >= 0.6 is 0 Å². The van der Waals surface area contributed by atoms with Crippen molar-refractivity contribution in [2.24, 2.45) is 10.2 Å². The summed E-state index contributed by atoms with van der Waals surface area (Å²) in [5.41, 5.74) is 0.799. The zero-order valence-corrected chi connectivity index (χ0v) is 14.3. The molecule has 2 aromatic rings. The molecule has 2 rings (SSSR count). The van der Waals surface area contributed by atoms with Crippen molar-refractivity contribution in [3.63, 3.8) is 0 Å². The first-order chi connectivity index (χ1) is 12.4. The summed E-state index contributed by atoms with van der Waals surface area (Å²) in [6.07, 6.45) is 0.0570. The van der Waals surface area contributed by atoms with Gasteiger partial charge in [-0.3, -0.25) is 19.7 Å². The molecule has 0 radical (unpaired) electrons. The number of benzene rings is 2. The molecule has 0 aromatic heterocycles. The number of carbonyl (C=O) groups excluding carboxylic acids is 2. The summed E-state index contributed by atoms with van der Waals surface area (Å²) in [6.45, 7) is 1.26. The summed E-state index contributed by atoms with van der Waals surface area (Å²) in [5.74, 6) is -0.690. The van der Waals surface area contributed by atoms with Crippen LogP contribution in [-0.4, -0.2) is 29.6 Å². The third-order valence-corrected chi connectivity index (χ3v) is 3.57. The van der Waals surface area contributed by atoms with Crippen LogP contribution in [0.3, 0.4) is 0 Å². The van der Waals surface area contributed by atoms with E-state index in [0.717, 1.165) is 5.56 Å². The predicted molar refractivity (Wildman–Crippen MR) is 93.8 cm³/mol. The number of azo groups is 1. The van der Waals surface area contributed by atoms with Crippen molar-refractivity contribution < 1.29 is 19.2 Å². The third-order valence-electron chi connectivity index (χ3n) is 3.57. The van der Waals surface area contributed by atoms with Gasteiger partial charge in [-0.25, -0.2) is 0 Å². The Hall–Kier alpha value is -3.42. The number of nitro benzene ring substituents is 1. The van der Waals surface area contributed by atoms with Crippen LogP contribution in [0.15, 0.2) is 58.8 Å². The maximum atomic E-state index is 12.4. The smallest absolute Gasteiger partial charge is 0.273 e. The number of nitrogens with zero attached hydrogens (tertiary/aromatic N) is 3. The van der Waals surface area contributed by atoms with E-state index in [-0.39, 0.29) is 29.3 Å². The molecular formula is C18H17N3O5. The fourth-order valence-electron chi connectivity index (χ4n) is 2.25. The summed E-state index contributed by atoms with van der Waals surface area (Å²) in [5, 5.41) is 18.6. The van der Waals surface area contributed by atoms with Gasteiger partial charge in [-0.15, -0.1) is 0 Å². The highest BCUT2D eigenvalue weighted by Gasteiger charge is 2.23. The van der Waals surface area contributed by atoms with Gasteiger partial charge in [0.05, 0.1) is 18.1 Å². The maximum absolute atomic E-state index is 12.4. The number of carbonyl (C=O) groups is 2. The average molecular weight is 355 g/mol. The number of ketones is 2. The van der Waals surface area contributed by atoms with E-state index in [2.05, 4.69) is 10.2 Å². The Morgan fingerprint density at radius 2 is 1.88 bits per heavy atom. The number of methoxy groups -OCH3 is 1. The maximum Gasteiger partial charge on any atom is 0.273 e. The van der Waals surface area contributed by atoms with E-state index in [1.54, 1.807) is 24.3 Å². The fourth-order valence-corrected chi connectivity index (χ4v) is 2.25. The molecule has 0 spiro atoms. The molecule has 0 aliphatic heterocycles. The molecule has 8 nitrogen and oxygen atoms in total.